The molecule has 4 nitrogen and oxygen atoms in total. The minimum absolute atomic E-state index is 0.236. The van der Waals surface area contributed by atoms with E-state index < -0.39 is 0 Å². The van der Waals surface area contributed by atoms with E-state index in [2.05, 4.69) is 12.2 Å². The van der Waals surface area contributed by atoms with Crippen molar-refractivity contribution in [3.63, 3.8) is 0 Å². The van der Waals surface area contributed by atoms with Crippen LogP contribution in [0.2, 0.25) is 0 Å². The number of ether oxygens (including phenoxy) is 1. The fourth-order valence-electron chi connectivity index (χ4n) is 2.51. The molecule has 0 bridgehead atoms. The number of methoxy groups -OCH3 is 1. The number of carbonyl (C=O) groups is 1. The second kappa shape index (κ2) is 6.57. The molecule has 1 N–H and O–H groups in total. The molecule has 19 heavy (non-hydrogen) atoms. The Morgan fingerprint density at radius 1 is 1.47 bits per heavy atom. The third-order valence-corrected chi connectivity index (χ3v) is 3.62. The zero-order valence-corrected chi connectivity index (χ0v) is 11.7. The first kappa shape index (κ1) is 13.9. The van der Waals surface area contributed by atoms with E-state index in [9.17, 15) is 4.79 Å². The van der Waals surface area contributed by atoms with Crippen molar-refractivity contribution in [1.82, 2.24) is 10.2 Å². The lowest BCUT2D eigenvalue weighted by molar-refractivity contribution is -0.133. The normalized spacial score (nSPS) is 19.3. The summed E-state index contributed by atoms with van der Waals surface area (Å²) in [6.07, 6.45) is 1.28. The van der Waals surface area contributed by atoms with Gasteiger partial charge in [0.25, 0.3) is 0 Å². The van der Waals surface area contributed by atoms with Gasteiger partial charge in [0.15, 0.2) is 0 Å². The Morgan fingerprint density at radius 2 is 2.26 bits per heavy atom. The van der Waals surface area contributed by atoms with Crippen molar-refractivity contribution >= 4 is 5.91 Å². The van der Waals surface area contributed by atoms with Gasteiger partial charge in [-0.05, 0) is 25.0 Å². The lowest BCUT2D eigenvalue weighted by Gasteiger charge is -2.34. The first-order valence-electron chi connectivity index (χ1n) is 6.84. The smallest absolute Gasteiger partial charge is 0.223 e. The van der Waals surface area contributed by atoms with Gasteiger partial charge in [-0.25, -0.2) is 0 Å². The van der Waals surface area contributed by atoms with Crippen LogP contribution in [0.1, 0.15) is 18.9 Å². The monoisotopic (exact) mass is 262 g/mol. The van der Waals surface area contributed by atoms with E-state index in [-0.39, 0.29) is 5.91 Å². The number of hydrogen-bond acceptors (Lipinski definition) is 3. The molecule has 0 unspecified atom stereocenters. The molecule has 1 saturated heterocycles. The average molecular weight is 262 g/mol. The SMILES string of the molecule is COc1ccccc1CCC(=O)N1CCNC[C@@H]1C. The van der Waals surface area contributed by atoms with Crippen molar-refractivity contribution in [2.45, 2.75) is 25.8 Å². The van der Waals surface area contributed by atoms with Gasteiger partial charge in [-0.15, -0.1) is 0 Å². The lowest BCUT2D eigenvalue weighted by atomic mass is 10.1. The summed E-state index contributed by atoms with van der Waals surface area (Å²) in [5.74, 6) is 1.10. The number of hydrogen-bond donors (Lipinski definition) is 1. The van der Waals surface area contributed by atoms with Crippen LogP contribution < -0.4 is 10.1 Å². The number of piperazine rings is 1. The first-order valence-corrected chi connectivity index (χ1v) is 6.84. The molecular formula is C15H22N2O2. The van der Waals surface area contributed by atoms with Gasteiger partial charge in [0.2, 0.25) is 5.91 Å². The summed E-state index contributed by atoms with van der Waals surface area (Å²) >= 11 is 0. The Kier molecular flexibility index (Phi) is 4.80. The molecule has 2 rings (SSSR count). The average Bonchev–Trinajstić information content (AvgIpc) is 2.45. The van der Waals surface area contributed by atoms with Crippen molar-refractivity contribution < 1.29 is 9.53 Å². The number of rotatable bonds is 4. The summed E-state index contributed by atoms with van der Waals surface area (Å²) in [4.78, 5) is 14.2. The van der Waals surface area contributed by atoms with Gasteiger partial charge in [-0.1, -0.05) is 18.2 Å². The largest absolute Gasteiger partial charge is 0.496 e. The van der Waals surface area contributed by atoms with Crippen molar-refractivity contribution in [2.24, 2.45) is 0 Å². The molecule has 1 atom stereocenters. The van der Waals surface area contributed by atoms with E-state index in [4.69, 9.17) is 4.74 Å². The molecule has 0 radical (unpaired) electrons. The van der Waals surface area contributed by atoms with Crippen LogP contribution in [-0.2, 0) is 11.2 Å². The highest BCUT2D eigenvalue weighted by atomic mass is 16.5. The summed E-state index contributed by atoms with van der Waals surface area (Å²) < 4.78 is 5.31. The molecule has 1 fully saturated rings. The zero-order valence-electron chi connectivity index (χ0n) is 11.7. The Bertz CT molecular complexity index is 434. The highest BCUT2D eigenvalue weighted by Gasteiger charge is 2.22. The van der Waals surface area contributed by atoms with E-state index >= 15 is 0 Å². The van der Waals surface area contributed by atoms with Gasteiger partial charge in [-0.2, -0.15) is 0 Å². The molecule has 1 heterocycles. The molecular weight excluding hydrogens is 240 g/mol. The highest BCUT2D eigenvalue weighted by Crippen LogP contribution is 2.19. The first-order chi connectivity index (χ1) is 9.22. The molecule has 1 aliphatic rings. The number of aryl methyl sites for hydroxylation is 1. The number of nitrogens with one attached hydrogen (secondary N) is 1. The maximum absolute atomic E-state index is 12.2. The van der Waals surface area contributed by atoms with E-state index in [1.165, 1.54) is 0 Å². The van der Waals surface area contributed by atoms with E-state index in [1.807, 2.05) is 29.2 Å². The third-order valence-electron chi connectivity index (χ3n) is 3.62. The van der Waals surface area contributed by atoms with Crippen LogP contribution in [0.4, 0.5) is 0 Å². The van der Waals surface area contributed by atoms with Crippen molar-refractivity contribution in [2.75, 3.05) is 26.7 Å². The maximum atomic E-state index is 12.2. The standard InChI is InChI=1S/C15H22N2O2/c1-12-11-16-9-10-17(12)15(18)8-7-13-5-3-4-6-14(13)19-2/h3-6,12,16H,7-11H2,1-2H3/t12-/m0/s1. The number of nitrogens with zero attached hydrogens (tertiary/aromatic N) is 1. The fourth-order valence-corrected chi connectivity index (χ4v) is 2.51. The van der Waals surface area contributed by atoms with Crippen LogP contribution in [0.25, 0.3) is 0 Å². The van der Waals surface area contributed by atoms with Crippen LogP contribution in [0.3, 0.4) is 0 Å². The van der Waals surface area contributed by atoms with E-state index in [1.54, 1.807) is 7.11 Å². The summed E-state index contributed by atoms with van der Waals surface area (Å²) in [5, 5.41) is 3.30. The Hall–Kier alpha value is -1.55. The van der Waals surface area contributed by atoms with E-state index in [0.717, 1.165) is 37.4 Å². The van der Waals surface area contributed by atoms with Crippen LogP contribution >= 0.6 is 0 Å². The number of carbonyl (C=O) groups excluding carboxylic acids is 1. The van der Waals surface area contributed by atoms with Crippen molar-refractivity contribution in [3.8, 4) is 5.75 Å². The summed E-state index contributed by atoms with van der Waals surface area (Å²) in [6.45, 7) is 4.68. The third kappa shape index (κ3) is 3.47. The highest BCUT2D eigenvalue weighted by molar-refractivity contribution is 5.77. The molecule has 4 heteroatoms. The Labute approximate surface area is 114 Å². The topological polar surface area (TPSA) is 41.6 Å². The summed E-state index contributed by atoms with van der Waals surface area (Å²) in [7, 11) is 1.67. The van der Waals surface area contributed by atoms with Gasteiger partial charge in [-0.3, -0.25) is 4.79 Å². The predicted molar refractivity (Wildman–Crippen MR) is 75.4 cm³/mol. The number of amides is 1. The van der Waals surface area contributed by atoms with Crippen LogP contribution in [0.15, 0.2) is 24.3 Å². The molecule has 0 aromatic heterocycles. The fraction of sp³-hybridized carbons (Fsp3) is 0.533. The lowest BCUT2D eigenvalue weighted by Crippen LogP contribution is -2.52. The molecule has 0 saturated carbocycles. The summed E-state index contributed by atoms with van der Waals surface area (Å²) in [6, 6.07) is 8.18. The molecule has 0 aliphatic carbocycles. The second-order valence-electron chi connectivity index (χ2n) is 4.95. The molecule has 1 aromatic rings. The molecule has 0 spiro atoms. The van der Waals surface area contributed by atoms with Gasteiger partial charge < -0.3 is 15.0 Å². The van der Waals surface area contributed by atoms with Crippen LogP contribution in [-0.4, -0.2) is 43.6 Å². The molecule has 1 aliphatic heterocycles. The van der Waals surface area contributed by atoms with Gasteiger partial charge in [0.05, 0.1) is 7.11 Å². The van der Waals surface area contributed by atoms with Gasteiger partial charge in [0, 0.05) is 32.1 Å². The number of benzene rings is 1. The Balaban J connectivity index is 1.92. The van der Waals surface area contributed by atoms with Crippen LogP contribution in [0.5, 0.6) is 5.75 Å². The Morgan fingerprint density at radius 3 is 3.00 bits per heavy atom. The van der Waals surface area contributed by atoms with Crippen molar-refractivity contribution in [1.29, 1.82) is 0 Å². The second-order valence-corrected chi connectivity index (χ2v) is 4.95. The molecule has 104 valence electrons. The predicted octanol–water partition coefficient (Wildman–Crippen LogP) is 1.45. The van der Waals surface area contributed by atoms with Crippen molar-refractivity contribution in [3.05, 3.63) is 29.8 Å². The van der Waals surface area contributed by atoms with Gasteiger partial charge >= 0.3 is 0 Å². The van der Waals surface area contributed by atoms with Gasteiger partial charge in [0.1, 0.15) is 5.75 Å². The minimum atomic E-state index is 0.236. The summed E-state index contributed by atoms with van der Waals surface area (Å²) in [5.41, 5.74) is 1.10. The molecule has 1 aromatic carbocycles. The maximum Gasteiger partial charge on any atom is 0.223 e. The molecule has 1 amide bonds. The van der Waals surface area contributed by atoms with Crippen LogP contribution in [0, 0.1) is 0 Å². The number of para-hydroxylation sites is 1. The van der Waals surface area contributed by atoms with E-state index in [0.29, 0.717) is 12.5 Å². The quantitative estimate of drug-likeness (QED) is 0.893. The zero-order chi connectivity index (χ0) is 13.7. The minimum Gasteiger partial charge on any atom is -0.496 e.